The Bertz CT molecular complexity index is 618. The lowest BCUT2D eigenvalue weighted by molar-refractivity contribution is -0.134. The zero-order chi connectivity index (χ0) is 18.5. The molecule has 0 bridgehead atoms. The van der Waals surface area contributed by atoms with Gasteiger partial charge in [0.15, 0.2) is 0 Å². The average Bonchev–Trinajstić information content (AvgIpc) is 2.68. The minimum absolute atomic E-state index is 0.00829. The quantitative estimate of drug-likeness (QED) is 0.807. The smallest absolute Gasteiger partial charge is 0.239 e. The van der Waals surface area contributed by atoms with Crippen molar-refractivity contribution in [1.29, 1.82) is 0 Å². The van der Waals surface area contributed by atoms with Crippen LogP contribution >= 0.6 is 0 Å². The molecule has 0 aromatic carbocycles. The van der Waals surface area contributed by atoms with Crippen molar-refractivity contribution in [3.05, 3.63) is 24.5 Å². The van der Waals surface area contributed by atoms with Gasteiger partial charge in [-0.25, -0.2) is 0 Å². The number of nitrogens with two attached hydrogens (primary N) is 2. The van der Waals surface area contributed by atoms with Crippen molar-refractivity contribution in [2.24, 2.45) is 23.3 Å². The predicted molar refractivity (Wildman–Crippen MR) is 100 cm³/mol. The van der Waals surface area contributed by atoms with Crippen LogP contribution in [0.15, 0.2) is 24.5 Å². The van der Waals surface area contributed by atoms with E-state index >= 15 is 0 Å². The summed E-state index contributed by atoms with van der Waals surface area (Å²) in [6, 6.07) is 3.35. The molecule has 7 nitrogen and oxygen atoms in total. The number of carbonyl (C=O) groups excluding carboxylic acids is 2. The Morgan fingerprint density at radius 2 is 1.85 bits per heavy atom. The molecule has 7 heteroatoms. The first-order valence-electron chi connectivity index (χ1n) is 9.55. The number of likely N-dealkylation sites (tertiary alicyclic amines) is 1. The van der Waals surface area contributed by atoms with Crippen molar-refractivity contribution in [1.82, 2.24) is 9.88 Å². The molecule has 0 spiro atoms. The van der Waals surface area contributed by atoms with Crippen LogP contribution in [0.2, 0.25) is 0 Å². The first kappa shape index (κ1) is 18.6. The van der Waals surface area contributed by atoms with E-state index in [9.17, 15) is 9.59 Å². The number of primary amides is 1. The molecule has 2 fully saturated rings. The molecule has 2 saturated heterocycles. The van der Waals surface area contributed by atoms with Crippen molar-refractivity contribution < 1.29 is 9.59 Å². The van der Waals surface area contributed by atoms with Gasteiger partial charge in [0, 0.05) is 50.2 Å². The fraction of sp³-hybridized carbons (Fsp3) is 0.632. The number of pyridine rings is 1. The predicted octanol–water partition coefficient (Wildman–Crippen LogP) is 0.739. The molecule has 3 rings (SSSR count). The van der Waals surface area contributed by atoms with Gasteiger partial charge in [-0.1, -0.05) is 0 Å². The Balaban J connectivity index is 1.67. The lowest BCUT2D eigenvalue weighted by Crippen LogP contribution is -2.51. The number of rotatable bonds is 5. The Morgan fingerprint density at radius 1 is 1.15 bits per heavy atom. The van der Waals surface area contributed by atoms with Crippen LogP contribution in [0.4, 0.5) is 5.69 Å². The third-order valence-electron chi connectivity index (χ3n) is 5.67. The zero-order valence-electron chi connectivity index (χ0n) is 15.2. The fourth-order valence-electron chi connectivity index (χ4n) is 4.21. The van der Waals surface area contributed by atoms with Crippen LogP contribution in [-0.4, -0.2) is 53.9 Å². The van der Waals surface area contributed by atoms with Crippen LogP contribution in [0.25, 0.3) is 0 Å². The summed E-state index contributed by atoms with van der Waals surface area (Å²) in [5.74, 6) is -0.526. The van der Waals surface area contributed by atoms with Gasteiger partial charge in [-0.15, -0.1) is 0 Å². The molecule has 1 aromatic heterocycles. The van der Waals surface area contributed by atoms with Gasteiger partial charge in [-0.3, -0.25) is 14.6 Å². The first-order chi connectivity index (χ1) is 12.6. The molecular weight excluding hydrogens is 330 g/mol. The number of anilines is 1. The molecule has 26 heavy (non-hydrogen) atoms. The molecule has 1 aromatic rings. The molecule has 0 radical (unpaired) electrons. The highest BCUT2D eigenvalue weighted by atomic mass is 16.2. The topological polar surface area (TPSA) is 106 Å². The summed E-state index contributed by atoms with van der Waals surface area (Å²) in [7, 11) is 0. The summed E-state index contributed by atoms with van der Waals surface area (Å²) in [5.41, 5.74) is 13.0. The Morgan fingerprint density at radius 3 is 2.50 bits per heavy atom. The van der Waals surface area contributed by atoms with Gasteiger partial charge < -0.3 is 21.3 Å². The Hall–Kier alpha value is -2.15. The van der Waals surface area contributed by atoms with E-state index < -0.39 is 6.04 Å². The summed E-state index contributed by atoms with van der Waals surface area (Å²) in [6.45, 7) is 3.03. The van der Waals surface area contributed by atoms with Gasteiger partial charge in [0.05, 0.1) is 6.04 Å². The third kappa shape index (κ3) is 4.33. The van der Waals surface area contributed by atoms with Crippen molar-refractivity contribution >= 4 is 17.5 Å². The minimum atomic E-state index is -0.572. The number of amides is 2. The highest BCUT2D eigenvalue weighted by Gasteiger charge is 2.36. The maximum atomic E-state index is 12.7. The van der Waals surface area contributed by atoms with E-state index in [1.54, 1.807) is 12.4 Å². The number of hydrogen-bond acceptors (Lipinski definition) is 5. The van der Waals surface area contributed by atoms with Crippen molar-refractivity contribution in [2.75, 3.05) is 31.1 Å². The lowest BCUT2D eigenvalue weighted by atomic mass is 9.80. The third-order valence-corrected chi connectivity index (χ3v) is 5.67. The second-order valence-electron chi connectivity index (χ2n) is 7.44. The van der Waals surface area contributed by atoms with Crippen LogP contribution < -0.4 is 16.4 Å². The van der Waals surface area contributed by atoms with E-state index in [1.807, 2.05) is 17.0 Å². The van der Waals surface area contributed by atoms with Crippen molar-refractivity contribution in [2.45, 2.75) is 38.1 Å². The van der Waals surface area contributed by atoms with Gasteiger partial charge >= 0.3 is 0 Å². The molecule has 3 atom stereocenters. The van der Waals surface area contributed by atoms with E-state index in [0.29, 0.717) is 19.4 Å². The van der Waals surface area contributed by atoms with Gasteiger partial charge in [0.25, 0.3) is 0 Å². The van der Waals surface area contributed by atoms with Gasteiger partial charge in [-0.2, -0.15) is 0 Å². The lowest BCUT2D eigenvalue weighted by Gasteiger charge is -2.40. The van der Waals surface area contributed by atoms with E-state index in [-0.39, 0.29) is 23.7 Å². The van der Waals surface area contributed by atoms with Crippen molar-refractivity contribution in [3.8, 4) is 0 Å². The summed E-state index contributed by atoms with van der Waals surface area (Å²) >= 11 is 0. The second kappa shape index (κ2) is 8.49. The van der Waals surface area contributed by atoms with Gasteiger partial charge in [-0.05, 0) is 50.2 Å². The number of carbonyl (C=O) groups is 2. The molecule has 3 heterocycles. The molecule has 0 saturated carbocycles. The fourth-order valence-corrected chi connectivity index (χ4v) is 4.21. The van der Waals surface area contributed by atoms with Crippen LogP contribution in [0.3, 0.4) is 0 Å². The molecule has 4 N–H and O–H groups in total. The molecule has 2 aliphatic rings. The second-order valence-corrected chi connectivity index (χ2v) is 7.44. The largest absolute Gasteiger partial charge is 0.371 e. The van der Waals surface area contributed by atoms with E-state index in [2.05, 4.69) is 9.88 Å². The van der Waals surface area contributed by atoms with Gasteiger partial charge in [0.1, 0.15) is 0 Å². The summed E-state index contributed by atoms with van der Waals surface area (Å²) in [5, 5.41) is 0. The normalized spacial score (nSPS) is 25.0. The van der Waals surface area contributed by atoms with Crippen LogP contribution in [0, 0.1) is 11.8 Å². The van der Waals surface area contributed by atoms with Crippen molar-refractivity contribution in [3.63, 3.8) is 0 Å². The number of piperidine rings is 2. The monoisotopic (exact) mass is 359 g/mol. The summed E-state index contributed by atoms with van der Waals surface area (Å²) < 4.78 is 0. The maximum Gasteiger partial charge on any atom is 0.239 e. The highest BCUT2D eigenvalue weighted by Crippen LogP contribution is 2.30. The Kier molecular flexibility index (Phi) is 6.08. The van der Waals surface area contributed by atoms with Gasteiger partial charge in [0.2, 0.25) is 11.8 Å². The summed E-state index contributed by atoms with van der Waals surface area (Å²) in [6.07, 6.45) is 7.96. The number of aromatic nitrogens is 1. The molecule has 142 valence electrons. The molecule has 0 aliphatic carbocycles. The van der Waals surface area contributed by atoms with E-state index in [1.165, 1.54) is 6.42 Å². The van der Waals surface area contributed by atoms with E-state index in [0.717, 1.165) is 38.2 Å². The maximum absolute atomic E-state index is 12.7. The molecule has 2 amide bonds. The highest BCUT2D eigenvalue weighted by molar-refractivity contribution is 5.82. The standard InChI is InChI=1S/C19H29N5O2/c20-17(19(26)23-9-2-1-3-10-23)12-14-13-24(11-6-16(14)18(21)25)15-4-7-22-8-5-15/h4-5,7-8,14,16-17H,1-3,6,9-13,20H2,(H2,21,25). The van der Waals surface area contributed by atoms with E-state index in [4.69, 9.17) is 11.5 Å². The Labute approximate surface area is 154 Å². The van der Waals surface area contributed by atoms with Crippen LogP contribution in [-0.2, 0) is 9.59 Å². The summed E-state index contributed by atoms with van der Waals surface area (Å²) in [4.78, 5) is 32.7. The molecule has 3 unspecified atom stereocenters. The minimum Gasteiger partial charge on any atom is -0.371 e. The van der Waals surface area contributed by atoms with Crippen LogP contribution in [0.5, 0.6) is 0 Å². The number of hydrogen-bond donors (Lipinski definition) is 2. The van der Waals surface area contributed by atoms with Crippen LogP contribution in [0.1, 0.15) is 32.1 Å². The molecule has 2 aliphatic heterocycles. The molecular formula is C19H29N5O2. The first-order valence-corrected chi connectivity index (χ1v) is 9.55. The average molecular weight is 359 g/mol. The SMILES string of the molecule is NC(=O)C1CCN(c2ccncc2)CC1CC(N)C(=O)N1CCCCC1. The zero-order valence-corrected chi connectivity index (χ0v) is 15.2. The number of nitrogens with zero attached hydrogens (tertiary/aromatic N) is 3.